The second-order valence-electron chi connectivity index (χ2n) is 4.31. The summed E-state index contributed by atoms with van der Waals surface area (Å²) < 4.78 is 44.8. The second-order valence-corrected chi connectivity index (χ2v) is 5.41. The molecule has 2 aromatic rings. The Hall–Kier alpha value is -1.49. The van der Waals surface area contributed by atoms with Crippen LogP contribution in [0.4, 0.5) is 13.2 Å². The molecule has 20 heavy (non-hydrogen) atoms. The molecule has 0 fully saturated rings. The monoisotopic (exact) mass is 344 g/mol. The van der Waals surface area contributed by atoms with Gasteiger partial charge in [0.25, 0.3) is 0 Å². The predicted octanol–water partition coefficient (Wildman–Crippen LogP) is 4.79. The van der Waals surface area contributed by atoms with Gasteiger partial charge < -0.3 is 4.74 Å². The van der Waals surface area contributed by atoms with Crippen molar-refractivity contribution in [3.8, 4) is 5.75 Å². The summed E-state index contributed by atoms with van der Waals surface area (Å²) in [6.07, 6.45) is 0.348. The van der Waals surface area contributed by atoms with Gasteiger partial charge in [0.2, 0.25) is 0 Å². The Bertz CT molecular complexity index is 616. The smallest absolute Gasteiger partial charge is 0.159 e. The quantitative estimate of drug-likeness (QED) is 0.724. The van der Waals surface area contributed by atoms with Crippen LogP contribution in [0.1, 0.15) is 16.0 Å². The first kappa shape index (κ1) is 14.9. The molecule has 2 aromatic carbocycles. The summed E-state index contributed by atoms with van der Waals surface area (Å²) >= 11 is 3.37. The zero-order chi connectivity index (χ0) is 14.7. The highest BCUT2D eigenvalue weighted by atomic mass is 79.9. The van der Waals surface area contributed by atoms with Gasteiger partial charge in [-0.3, -0.25) is 0 Å². The van der Waals surface area contributed by atoms with Gasteiger partial charge in [0.05, 0.1) is 7.11 Å². The number of rotatable bonds is 4. The van der Waals surface area contributed by atoms with E-state index in [-0.39, 0.29) is 4.83 Å². The van der Waals surface area contributed by atoms with Crippen LogP contribution in [-0.2, 0) is 6.42 Å². The van der Waals surface area contributed by atoms with Crippen molar-refractivity contribution in [1.29, 1.82) is 0 Å². The Balaban J connectivity index is 2.19. The van der Waals surface area contributed by atoms with Crippen LogP contribution >= 0.6 is 15.9 Å². The van der Waals surface area contributed by atoms with Gasteiger partial charge in [0.1, 0.15) is 11.6 Å². The lowest BCUT2D eigenvalue weighted by atomic mass is 10.0. The maximum atomic E-state index is 13.9. The topological polar surface area (TPSA) is 9.23 Å². The number of alkyl halides is 1. The van der Waals surface area contributed by atoms with E-state index in [1.54, 1.807) is 12.1 Å². The minimum absolute atomic E-state index is 0.335. The number of methoxy groups -OCH3 is 1. The number of ether oxygens (including phenoxy) is 1. The molecule has 0 aliphatic rings. The van der Waals surface area contributed by atoms with Gasteiger partial charge in [-0.05, 0) is 30.2 Å². The Morgan fingerprint density at radius 3 is 2.35 bits per heavy atom. The summed E-state index contributed by atoms with van der Waals surface area (Å²) in [6.45, 7) is 0. The van der Waals surface area contributed by atoms with Crippen molar-refractivity contribution in [3.05, 3.63) is 65.0 Å². The molecule has 1 nitrogen and oxygen atoms in total. The van der Waals surface area contributed by atoms with E-state index in [9.17, 15) is 13.2 Å². The van der Waals surface area contributed by atoms with Crippen LogP contribution < -0.4 is 4.74 Å². The molecule has 0 aliphatic heterocycles. The number of benzene rings is 2. The van der Waals surface area contributed by atoms with Gasteiger partial charge >= 0.3 is 0 Å². The van der Waals surface area contributed by atoms with Crippen LogP contribution in [0.15, 0.2) is 36.4 Å². The predicted molar refractivity (Wildman–Crippen MR) is 74.7 cm³/mol. The molecule has 0 saturated heterocycles. The van der Waals surface area contributed by atoms with Crippen molar-refractivity contribution in [2.75, 3.05) is 7.11 Å². The zero-order valence-corrected chi connectivity index (χ0v) is 12.3. The standard InChI is InChI=1S/C15H12BrF3O/c1-20-10-3-4-11(14(18)8-10)12(16)6-9-2-5-13(17)15(19)7-9/h2-5,7-8,12H,6H2,1H3. The van der Waals surface area contributed by atoms with Crippen LogP contribution in [0.2, 0.25) is 0 Å². The molecule has 1 unspecified atom stereocenters. The molecule has 5 heteroatoms. The van der Waals surface area contributed by atoms with Crippen molar-refractivity contribution in [3.63, 3.8) is 0 Å². The first-order valence-corrected chi connectivity index (χ1v) is 6.84. The fraction of sp³-hybridized carbons (Fsp3) is 0.200. The summed E-state index contributed by atoms with van der Waals surface area (Å²) in [4.78, 5) is -0.335. The Labute approximate surface area is 123 Å². The third-order valence-electron chi connectivity index (χ3n) is 2.94. The molecule has 0 saturated carbocycles. The van der Waals surface area contributed by atoms with Crippen molar-refractivity contribution in [2.24, 2.45) is 0 Å². The van der Waals surface area contributed by atoms with E-state index in [0.29, 0.717) is 23.3 Å². The summed E-state index contributed by atoms with van der Waals surface area (Å²) in [5, 5.41) is 0. The lowest BCUT2D eigenvalue weighted by Gasteiger charge is -2.12. The van der Waals surface area contributed by atoms with E-state index >= 15 is 0 Å². The molecule has 0 radical (unpaired) electrons. The van der Waals surface area contributed by atoms with Gasteiger partial charge in [-0.25, -0.2) is 13.2 Å². The van der Waals surface area contributed by atoms with Gasteiger partial charge in [0.15, 0.2) is 11.6 Å². The van der Waals surface area contributed by atoms with Crippen LogP contribution in [0.5, 0.6) is 5.75 Å². The minimum atomic E-state index is -0.905. The lowest BCUT2D eigenvalue weighted by Crippen LogP contribution is -2.00. The summed E-state index contributed by atoms with van der Waals surface area (Å²) in [7, 11) is 1.46. The molecule has 0 heterocycles. The summed E-state index contributed by atoms with van der Waals surface area (Å²) in [5.74, 6) is -1.78. The number of hydrogen-bond donors (Lipinski definition) is 0. The Morgan fingerprint density at radius 2 is 1.75 bits per heavy atom. The van der Waals surface area contributed by atoms with E-state index in [0.717, 1.165) is 12.1 Å². The average Bonchev–Trinajstić information content (AvgIpc) is 2.42. The highest BCUT2D eigenvalue weighted by Gasteiger charge is 2.15. The van der Waals surface area contributed by atoms with E-state index in [1.807, 2.05) is 0 Å². The third-order valence-corrected chi connectivity index (χ3v) is 3.76. The highest BCUT2D eigenvalue weighted by Crippen LogP contribution is 2.31. The molecule has 0 spiro atoms. The zero-order valence-electron chi connectivity index (χ0n) is 10.7. The van der Waals surface area contributed by atoms with E-state index in [1.165, 1.54) is 19.2 Å². The molecule has 106 valence electrons. The van der Waals surface area contributed by atoms with Crippen LogP contribution in [0.25, 0.3) is 0 Å². The normalized spacial score (nSPS) is 12.2. The molecular formula is C15H12BrF3O. The number of halogens is 4. The largest absolute Gasteiger partial charge is 0.497 e. The van der Waals surface area contributed by atoms with Crippen molar-refractivity contribution < 1.29 is 17.9 Å². The van der Waals surface area contributed by atoms with Gasteiger partial charge in [-0.2, -0.15) is 0 Å². The van der Waals surface area contributed by atoms with Gasteiger partial charge in [-0.1, -0.05) is 28.1 Å². The van der Waals surface area contributed by atoms with Gasteiger partial charge in [0, 0.05) is 16.5 Å². The second kappa shape index (κ2) is 6.31. The summed E-state index contributed by atoms with van der Waals surface area (Å²) in [6, 6.07) is 8.20. The first-order chi connectivity index (χ1) is 9.51. The first-order valence-electron chi connectivity index (χ1n) is 5.92. The molecule has 0 bridgehead atoms. The molecular weight excluding hydrogens is 333 g/mol. The Morgan fingerprint density at radius 1 is 1.00 bits per heavy atom. The molecule has 0 amide bonds. The maximum Gasteiger partial charge on any atom is 0.159 e. The maximum absolute atomic E-state index is 13.9. The van der Waals surface area contributed by atoms with Crippen molar-refractivity contribution in [2.45, 2.75) is 11.2 Å². The average molecular weight is 345 g/mol. The van der Waals surface area contributed by atoms with E-state index in [4.69, 9.17) is 4.74 Å². The van der Waals surface area contributed by atoms with Crippen LogP contribution in [-0.4, -0.2) is 7.11 Å². The molecule has 0 aliphatic carbocycles. The fourth-order valence-electron chi connectivity index (χ4n) is 1.87. The third kappa shape index (κ3) is 3.33. The van der Waals surface area contributed by atoms with Crippen LogP contribution in [0, 0.1) is 17.5 Å². The molecule has 2 rings (SSSR count). The lowest BCUT2D eigenvalue weighted by molar-refractivity contribution is 0.410. The van der Waals surface area contributed by atoms with Crippen molar-refractivity contribution in [1.82, 2.24) is 0 Å². The fourth-order valence-corrected chi connectivity index (χ4v) is 2.62. The number of hydrogen-bond acceptors (Lipinski definition) is 1. The summed E-state index contributed by atoms with van der Waals surface area (Å²) in [5.41, 5.74) is 1.02. The van der Waals surface area contributed by atoms with Crippen molar-refractivity contribution >= 4 is 15.9 Å². The molecule has 1 atom stereocenters. The Kier molecular flexibility index (Phi) is 4.70. The van der Waals surface area contributed by atoms with E-state index < -0.39 is 17.5 Å². The molecule has 0 N–H and O–H groups in total. The van der Waals surface area contributed by atoms with Crippen LogP contribution in [0.3, 0.4) is 0 Å². The van der Waals surface area contributed by atoms with Gasteiger partial charge in [-0.15, -0.1) is 0 Å². The van der Waals surface area contributed by atoms with E-state index in [2.05, 4.69) is 15.9 Å². The SMILES string of the molecule is COc1ccc(C(Br)Cc2ccc(F)c(F)c2)c(F)c1. The molecule has 0 aromatic heterocycles. The highest BCUT2D eigenvalue weighted by molar-refractivity contribution is 9.09. The minimum Gasteiger partial charge on any atom is -0.497 e.